The molecular weight excluding hydrogens is 310 g/mol. The highest BCUT2D eigenvalue weighted by Crippen LogP contribution is 2.30. The first kappa shape index (κ1) is 16.0. The fourth-order valence-corrected chi connectivity index (χ4v) is 3.94. The van der Waals surface area contributed by atoms with Gasteiger partial charge >= 0.3 is 15.8 Å². The Balaban J connectivity index is 2.75. The van der Waals surface area contributed by atoms with Crippen LogP contribution in [0.2, 0.25) is 0 Å². The second-order valence-corrected chi connectivity index (χ2v) is 6.46. The maximum atomic E-state index is 12.8. The second kappa shape index (κ2) is 5.41. The largest absolute Gasteiger partial charge is 0.496 e. The van der Waals surface area contributed by atoms with Gasteiger partial charge in [-0.05, 0) is 42.0 Å². The van der Waals surface area contributed by atoms with Gasteiger partial charge in [-0.2, -0.15) is 8.42 Å². The van der Waals surface area contributed by atoms with Crippen LogP contribution in [0, 0.1) is 30.9 Å². The van der Waals surface area contributed by atoms with Crippen molar-refractivity contribution in [2.45, 2.75) is 25.7 Å². The summed E-state index contributed by atoms with van der Waals surface area (Å²) in [4.78, 5) is 14.0. The van der Waals surface area contributed by atoms with Gasteiger partial charge in [0.2, 0.25) is 5.82 Å². The van der Waals surface area contributed by atoms with Crippen LogP contribution in [0.4, 0.5) is 5.82 Å². The average Bonchev–Trinajstić information content (AvgIpc) is 2.84. The number of ether oxygens (including phenoxy) is 1. The molecule has 8 nitrogen and oxygen atoms in total. The summed E-state index contributed by atoms with van der Waals surface area (Å²) in [6.45, 7) is 4.75. The molecule has 9 heteroatoms. The number of nitrogens with zero attached hydrogens (tertiary/aromatic N) is 3. The van der Waals surface area contributed by atoms with Crippen LogP contribution in [0.15, 0.2) is 23.2 Å². The quantitative estimate of drug-likeness (QED) is 0.628. The Morgan fingerprint density at radius 1 is 1.23 bits per heavy atom. The minimum Gasteiger partial charge on any atom is -0.496 e. The minimum atomic E-state index is -4.12. The molecule has 2 rings (SSSR count). The number of hydrogen-bond acceptors (Lipinski definition) is 6. The van der Waals surface area contributed by atoms with Gasteiger partial charge in [-0.15, -0.1) is 0 Å². The molecule has 0 N–H and O–H groups in total. The Kier molecular flexibility index (Phi) is 3.92. The molecule has 0 fully saturated rings. The molecule has 0 radical (unpaired) electrons. The maximum absolute atomic E-state index is 12.8. The van der Waals surface area contributed by atoms with Crippen LogP contribution in [0.3, 0.4) is 0 Å². The van der Waals surface area contributed by atoms with Crippen LogP contribution < -0.4 is 4.74 Å². The van der Waals surface area contributed by atoms with Crippen LogP contribution in [0.25, 0.3) is 0 Å². The van der Waals surface area contributed by atoms with Crippen molar-refractivity contribution in [2.75, 3.05) is 7.11 Å². The molecule has 0 spiro atoms. The minimum absolute atomic E-state index is 0.0185. The lowest BCUT2D eigenvalue weighted by Gasteiger charge is -2.12. The Hall–Kier alpha value is -2.42. The van der Waals surface area contributed by atoms with Crippen LogP contribution >= 0.6 is 0 Å². The summed E-state index contributed by atoms with van der Waals surface area (Å²) in [5, 5.41) is 11.0. The molecule has 118 valence electrons. The van der Waals surface area contributed by atoms with Gasteiger partial charge in [-0.3, -0.25) is 0 Å². The number of hydrogen-bond donors (Lipinski definition) is 0. The van der Waals surface area contributed by atoms with Crippen molar-refractivity contribution < 1.29 is 18.1 Å². The molecule has 0 aliphatic heterocycles. The fourth-order valence-electron chi connectivity index (χ4n) is 2.21. The van der Waals surface area contributed by atoms with E-state index >= 15 is 0 Å². The zero-order chi connectivity index (χ0) is 16.7. The molecule has 1 aromatic carbocycles. The smallest absolute Gasteiger partial charge is 0.358 e. The van der Waals surface area contributed by atoms with Crippen LogP contribution in [0.5, 0.6) is 5.75 Å². The highest BCUT2D eigenvalue weighted by Gasteiger charge is 2.33. The molecule has 1 aromatic heterocycles. The molecule has 0 aliphatic rings. The van der Waals surface area contributed by atoms with Crippen LogP contribution in [-0.2, 0) is 10.0 Å². The zero-order valence-electron chi connectivity index (χ0n) is 12.5. The summed E-state index contributed by atoms with van der Waals surface area (Å²) in [6.07, 6.45) is 0.929. The van der Waals surface area contributed by atoms with Gasteiger partial charge in [-0.1, -0.05) is 3.97 Å². The maximum Gasteiger partial charge on any atom is 0.358 e. The summed E-state index contributed by atoms with van der Waals surface area (Å²) in [7, 11) is -2.64. The molecule has 0 unspecified atom stereocenters. The number of aromatic nitrogens is 2. The van der Waals surface area contributed by atoms with E-state index < -0.39 is 20.8 Å². The van der Waals surface area contributed by atoms with E-state index in [1.807, 2.05) is 0 Å². The van der Waals surface area contributed by atoms with E-state index in [4.69, 9.17) is 4.74 Å². The Bertz CT molecular complexity index is 855. The van der Waals surface area contributed by atoms with Gasteiger partial charge in [0.25, 0.3) is 0 Å². The average molecular weight is 325 g/mol. The molecule has 0 saturated heterocycles. The summed E-state index contributed by atoms with van der Waals surface area (Å²) in [5.74, 6) is -0.0155. The van der Waals surface area contributed by atoms with E-state index in [0.717, 1.165) is 6.20 Å². The van der Waals surface area contributed by atoms with Crippen LogP contribution in [-0.4, -0.2) is 29.4 Å². The number of nitro groups is 1. The fraction of sp³-hybridized carbons (Fsp3) is 0.308. The first-order valence-electron chi connectivity index (χ1n) is 6.30. The number of methoxy groups -OCH3 is 1. The number of aryl methyl sites for hydroxylation is 1. The SMILES string of the molecule is COc1ccc(S(=O)(=O)n2c([N+](=O)[O-])cnc2C)c(C)c1C. The lowest BCUT2D eigenvalue weighted by atomic mass is 10.1. The Morgan fingerprint density at radius 3 is 2.41 bits per heavy atom. The molecule has 0 aliphatic carbocycles. The Morgan fingerprint density at radius 2 is 1.86 bits per heavy atom. The monoisotopic (exact) mass is 325 g/mol. The molecule has 0 amide bonds. The molecule has 0 bridgehead atoms. The first-order chi connectivity index (χ1) is 10.2. The summed E-state index contributed by atoms with van der Waals surface area (Å²) >= 11 is 0. The third-order valence-corrected chi connectivity index (χ3v) is 5.41. The highest BCUT2D eigenvalue weighted by molar-refractivity contribution is 7.90. The van der Waals surface area contributed by atoms with E-state index in [1.54, 1.807) is 13.8 Å². The number of imidazole rings is 1. The van der Waals surface area contributed by atoms with E-state index in [9.17, 15) is 18.5 Å². The van der Waals surface area contributed by atoms with E-state index in [-0.39, 0.29) is 10.7 Å². The van der Waals surface area contributed by atoms with Gasteiger partial charge < -0.3 is 14.9 Å². The van der Waals surface area contributed by atoms with Gasteiger partial charge in [0.05, 0.1) is 7.11 Å². The molecular formula is C13H15N3O5S. The third kappa shape index (κ3) is 2.33. The molecule has 0 saturated carbocycles. The van der Waals surface area contributed by atoms with E-state index in [1.165, 1.54) is 26.2 Å². The van der Waals surface area contributed by atoms with Crippen molar-refractivity contribution in [3.05, 3.63) is 45.4 Å². The third-order valence-electron chi connectivity index (χ3n) is 3.48. The van der Waals surface area contributed by atoms with Crippen molar-refractivity contribution in [3.8, 4) is 5.75 Å². The van der Waals surface area contributed by atoms with Gasteiger partial charge in [0, 0.05) is 6.92 Å². The molecule has 2 aromatic rings. The van der Waals surface area contributed by atoms with Gasteiger partial charge in [0.1, 0.15) is 16.8 Å². The standard InChI is InChI=1S/C13H15N3O5S/c1-8-9(2)12(6-5-11(8)21-4)22(19,20)15-10(3)14-7-13(15)16(17)18/h5-7H,1-4H3. The Labute approximate surface area is 127 Å². The van der Waals surface area contributed by atoms with Crippen LogP contribution in [0.1, 0.15) is 17.0 Å². The first-order valence-corrected chi connectivity index (χ1v) is 7.74. The molecule has 22 heavy (non-hydrogen) atoms. The second-order valence-electron chi connectivity index (χ2n) is 4.71. The predicted molar refractivity (Wildman–Crippen MR) is 78.7 cm³/mol. The number of rotatable bonds is 4. The van der Waals surface area contributed by atoms with Crippen molar-refractivity contribution in [1.82, 2.24) is 8.96 Å². The molecule has 1 heterocycles. The lowest BCUT2D eigenvalue weighted by molar-refractivity contribution is -0.390. The van der Waals surface area contributed by atoms with Gasteiger partial charge in [0.15, 0.2) is 0 Å². The van der Waals surface area contributed by atoms with E-state index in [2.05, 4.69) is 4.98 Å². The summed E-state index contributed by atoms with van der Waals surface area (Å²) in [5.41, 5.74) is 1.13. The topological polar surface area (TPSA) is 104 Å². The molecule has 0 atom stereocenters. The van der Waals surface area contributed by atoms with Crippen molar-refractivity contribution in [1.29, 1.82) is 0 Å². The predicted octanol–water partition coefficient (Wildman–Crippen LogP) is 1.96. The number of benzene rings is 1. The van der Waals surface area contributed by atoms with Gasteiger partial charge in [-0.25, -0.2) is 4.98 Å². The summed E-state index contributed by atoms with van der Waals surface area (Å²) in [6, 6.07) is 2.90. The summed E-state index contributed by atoms with van der Waals surface area (Å²) < 4.78 is 31.4. The van der Waals surface area contributed by atoms with E-state index in [0.29, 0.717) is 20.8 Å². The zero-order valence-corrected chi connectivity index (χ0v) is 13.3. The lowest BCUT2D eigenvalue weighted by Crippen LogP contribution is -2.18. The normalized spacial score (nSPS) is 11.5. The van der Waals surface area contributed by atoms with Crippen molar-refractivity contribution in [2.24, 2.45) is 0 Å². The van der Waals surface area contributed by atoms with Crippen molar-refractivity contribution >= 4 is 15.8 Å². The van der Waals surface area contributed by atoms with Crippen molar-refractivity contribution in [3.63, 3.8) is 0 Å². The highest BCUT2D eigenvalue weighted by atomic mass is 32.2.